The molecule has 0 saturated carbocycles. The third kappa shape index (κ3) is 3.86. The number of hydrogen-bond donors (Lipinski definition) is 1. The molecule has 0 saturated heterocycles. The zero-order valence-electron chi connectivity index (χ0n) is 14.9. The number of hydrogen-bond acceptors (Lipinski definition) is 3. The summed E-state index contributed by atoms with van der Waals surface area (Å²) < 4.78 is 0. The minimum atomic E-state index is -0.312. The lowest BCUT2D eigenvalue weighted by atomic mass is 10.0. The molecule has 4 heteroatoms. The molecule has 0 aliphatic heterocycles. The summed E-state index contributed by atoms with van der Waals surface area (Å²) >= 11 is 0. The predicted molar refractivity (Wildman–Crippen MR) is 101 cm³/mol. The van der Waals surface area contributed by atoms with Gasteiger partial charge in [0.05, 0.1) is 5.52 Å². The van der Waals surface area contributed by atoms with Gasteiger partial charge in [0.15, 0.2) is 0 Å². The maximum Gasteiger partial charge on any atom is 0.242 e. The summed E-state index contributed by atoms with van der Waals surface area (Å²) in [5.41, 5.74) is 4.16. The lowest BCUT2D eigenvalue weighted by Gasteiger charge is -2.24. The molecule has 0 spiro atoms. The summed E-state index contributed by atoms with van der Waals surface area (Å²) in [6, 6.07) is 17.7. The van der Waals surface area contributed by atoms with Crippen molar-refractivity contribution in [2.45, 2.75) is 19.5 Å². The van der Waals surface area contributed by atoms with Crippen LogP contribution in [0.1, 0.15) is 22.7 Å². The Kier molecular flexibility index (Phi) is 5.10. The van der Waals surface area contributed by atoms with Gasteiger partial charge in [-0.15, -0.1) is 0 Å². The van der Waals surface area contributed by atoms with Gasteiger partial charge in [-0.05, 0) is 44.3 Å². The van der Waals surface area contributed by atoms with E-state index in [0.29, 0.717) is 6.54 Å². The molecule has 1 unspecified atom stereocenters. The number of rotatable bonds is 5. The molecule has 1 aromatic heterocycles. The van der Waals surface area contributed by atoms with Crippen LogP contribution in [-0.2, 0) is 11.3 Å². The number of carbonyl (C=O) groups is 1. The zero-order valence-corrected chi connectivity index (χ0v) is 14.9. The smallest absolute Gasteiger partial charge is 0.242 e. The first kappa shape index (κ1) is 17.1. The molecule has 1 heterocycles. The first-order chi connectivity index (χ1) is 12.1. The fourth-order valence-electron chi connectivity index (χ4n) is 3.11. The molecule has 0 bridgehead atoms. The summed E-state index contributed by atoms with van der Waals surface area (Å²) in [6.07, 6.45) is 1.79. The van der Waals surface area contributed by atoms with Crippen LogP contribution < -0.4 is 5.32 Å². The van der Waals surface area contributed by atoms with Crippen molar-refractivity contribution in [2.24, 2.45) is 0 Å². The van der Waals surface area contributed by atoms with Crippen molar-refractivity contribution < 1.29 is 4.79 Å². The number of fused-ring (bicyclic) bond motifs is 1. The van der Waals surface area contributed by atoms with Gasteiger partial charge in [-0.2, -0.15) is 0 Å². The van der Waals surface area contributed by atoms with Gasteiger partial charge < -0.3 is 5.32 Å². The van der Waals surface area contributed by atoms with E-state index >= 15 is 0 Å². The van der Waals surface area contributed by atoms with Crippen molar-refractivity contribution in [1.29, 1.82) is 0 Å². The van der Waals surface area contributed by atoms with E-state index in [2.05, 4.69) is 16.4 Å². The average Bonchev–Trinajstić information content (AvgIpc) is 2.60. The Morgan fingerprint density at radius 3 is 2.68 bits per heavy atom. The van der Waals surface area contributed by atoms with Gasteiger partial charge in [-0.25, -0.2) is 0 Å². The second-order valence-electron chi connectivity index (χ2n) is 6.49. The highest BCUT2D eigenvalue weighted by molar-refractivity contribution is 5.85. The Morgan fingerprint density at radius 2 is 1.92 bits per heavy atom. The number of aromatic nitrogens is 1. The Bertz CT molecular complexity index is 884. The van der Waals surface area contributed by atoms with Crippen molar-refractivity contribution in [1.82, 2.24) is 15.2 Å². The fraction of sp³-hybridized carbons (Fsp3) is 0.238. The Balaban J connectivity index is 1.80. The maximum atomic E-state index is 12.8. The van der Waals surface area contributed by atoms with Crippen molar-refractivity contribution in [3.63, 3.8) is 0 Å². The molecule has 0 fully saturated rings. The van der Waals surface area contributed by atoms with E-state index in [4.69, 9.17) is 0 Å². The minimum absolute atomic E-state index is 0.00325. The van der Waals surface area contributed by atoms with Crippen LogP contribution in [0.5, 0.6) is 0 Å². The molecule has 3 rings (SSSR count). The van der Waals surface area contributed by atoms with E-state index in [1.54, 1.807) is 6.20 Å². The number of nitrogens with one attached hydrogen (secondary N) is 1. The first-order valence-electron chi connectivity index (χ1n) is 8.39. The van der Waals surface area contributed by atoms with Gasteiger partial charge in [0.1, 0.15) is 6.04 Å². The number of aryl methyl sites for hydroxylation is 1. The fourth-order valence-corrected chi connectivity index (χ4v) is 3.11. The molecule has 1 N–H and O–H groups in total. The number of carbonyl (C=O) groups excluding carboxylic acids is 1. The maximum absolute atomic E-state index is 12.8. The monoisotopic (exact) mass is 333 g/mol. The molecule has 1 atom stereocenters. The SMILES string of the molecule is Cc1cccc(C(C(=O)NCc2ccnc3ccccc23)N(C)C)c1. The number of pyridine rings is 1. The van der Waals surface area contributed by atoms with Gasteiger partial charge in [0, 0.05) is 18.1 Å². The lowest BCUT2D eigenvalue weighted by molar-refractivity contribution is -0.125. The summed E-state index contributed by atoms with van der Waals surface area (Å²) in [6.45, 7) is 2.52. The topological polar surface area (TPSA) is 45.2 Å². The molecule has 128 valence electrons. The second-order valence-corrected chi connectivity index (χ2v) is 6.49. The summed E-state index contributed by atoms with van der Waals surface area (Å²) in [7, 11) is 3.85. The molecule has 0 aliphatic rings. The molecule has 3 aromatic rings. The van der Waals surface area contributed by atoms with Gasteiger partial charge in [0.2, 0.25) is 5.91 Å². The molecule has 0 aliphatic carbocycles. The zero-order chi connectivity index (χ0) is 17.8. The molecular formula is C21H23N3O. The normalized spacial score (nSPS) is 12.3. The largest absolute Gasteiger partial charge is 0.350 e. The lowest BCUT2D eigenvalue weighted by Crippen LogP contribution is -2.36. The van der Waals surface area contributed by atoms with E-state index in [-0.39, 0.29) is 11.9 Å². The highest BCUT2D eigenvalue weighted by atomic mass is 16.2. The van der Waals surface area contributed by atoms with Gasteiger partial charge in [0.25, 0.3) is 0 Å². The summed E-state index contributed by atoms with van der Waals surface area (Å²) in [5.74, 6) is -0.00325. The quantitative estimate of drug-likeness (QED) is 0.778. The molecule has 2 aromatic carbocycles. The van der Waals surface area contributed by atoms with Crippen LogP contribution >= 0.6 is 0 Å². The predicted octanol–water partition coefficient (Wildman–Crippen LogP) is 3.46. The first-order valence-corrected chi connectivity index (χ1v) is 8.39. The minimum Gasteiger partial charge on any atom is -0.350 e. The van der Waals surface area contributed by atoms with Crippen molar-refractivity contribution in [3.8, 4) is 0 Å². The van der Waals surface area contributed by atoms with Crippen molar-refractivity contribution >= 4 is 16.8 Å². The second kappa shape index (κ2) is 7.45. The van der Waals surface area contributed by atoms with Crippen LogP contribution in [-0.4, -0.2) is 29.9 Å². The van der Waals surface area contributed by atoms with Crippen LogP contribution in [0.4, 0.5) is 0 Å². The number of likely N-dealkylation sites (N-methyl/N-ethyl adjacent to an activating group) is 1. The van der Waals surface area contributed by atoms with Crippen LogP contribution in [0.2, 0.25) is 0 Å². The van der Waals surface area contributed by atoms with Gasteiger partial charge >= 0.3 is 0 Å². The number of benzene rings is 2. The summed E-state index contributed by atoms with van der Waals surface area (Å²) in [4.78, 5) is 19.1. The molecule has 0 radical (unpaired) electrons. The van der Waals surface area contributed by atoms with Gasteiger partial charge in [-0.3, -0.25) is 14.7 Å². The molecule has 4 nitrogen and oxygen atoms in total. The standard InChI is InChI=1S/C21H23N3O/c1-15-7-6-8-16(13-15)20(24(2)3)21(25)23-14-17-11-12-22-19-10-5-4-9-18(17)19/h4-13,20H,14H2,1-3H3,(H,23,25). The van der Waals surface area contributed by atoms with Crippen molar-refractivity contribution in [3.05, 3.63) is 77.5 Å². The highest BCUT2D eigenvalue weighted by Crippen LogP contribution is 2.21. The van der Waals surface area contributed by atoms with Crippen LogP contribution in [0.3, 0.4) is 0 Å². The Hall–Kier alpha value is -2.72. The average molecular weight is 333 g/mol. The molecule has 25 heavy (non-hydrogen) atoms. The van der Waals surface area contributed by atoms with Crippen LogP contribution in [0.15, 0.2) is 60.8 Å². The highest BCUT2D eigenvalue weighted by Gasteiger charge is 2.22. The van der Waals surface area contributed by atoms with E-state index in [1.807, 2.05) is 74.4 Å². The van der Waals surface area contributed by atoms with E-state index < -0.39 is 0 Å². The molecular weight excluding hydrogens is 310 g/mol. The Morgan fingerprint density at radius 1 is 1.12 bits per heavy atom. The number of amides is 1. The van der Waals surface area contributed by atoms with Crippen molar-refractivity contribution in [2.75, 3.05) is 14.1 Å². The number of nitrogens with zero attached hydrogens (tertiary/aromatic N) is 2. The third-order valence-electron chi connectivity index (χ3n) is 4.32. The number of para-hydroxylation sites is 1. The van der Waals surface area contributed by atoms with E-state index in [9.17, 15) is 4.79 Å². The Labute approximate surface area is 148 Å². The van der Waals surface area contributed by atoms with Crippen LogP contribution in [0, 0.1) is 6.92 Å². The van der Waals surface area contributed by atoms with E-state index in [0.717, 1.165) is 27.6 Å². The summed E-state index contributed by atoms with van der Waals surface area (Å²) in [5, 5.41) is 4.15. The van der Waals surface area contributed by atoms with Gasteiger partial charge in [-0.1, -0.05) is 48.0 Å². The van der Waals surface area contributed by atoms with E-state index in [1.165, 1.54) is 0 Å². The molecule has 1 amide bonds. The van der Waals surface area contributed by atoms with Crippen LogP contribution in [0.25, 0.3) is 10.9 Å². The third-order valence-corrected chi connectivity index (χ3v) is 4.32.